The number of ketones is 1. The van der Waals surface area contributed by atoms with E-state index in [4.69, 9.17) is 58.0 Å². The second-order valence-electron chi connectivity index (χ2n) is 1.41. The van der Waals surface area contributed by atoms with Crippen LogP contribution in [0.25, 0.3) is 0 Å². The zero-order chi connectivity index (χ0) is 10.6. The lowest BCUT2D eigenvalue weighted by molar-refractivity contribution is -0.114. The van der Waals surface area contributed by atoms with Crippen molar-refractivity contribution in [3.05, 3.63) is 10.0 Å². The van der Waals surface area contributed by atoms with Gasteiger partial charge in [-0.25, -0.2) is 0 Å². The van der Waals surface area contributed by atoms with Crippen LogP contribution in [0.15, 0.2) is 10.0 Å². The molecule has 0 heterocycles. The molecule has 0 amide bonds. The summed E-state index contributed by atoms with van der Waals surface area (Å²) in [4.78, 5) is 9.44. The predicted octanol–water partition coefficient (Wildman–Crippen LogP) is 4.52. The van der Waals surface area contributed by atoms with Gasteiger partial charge in [-0.15, -0.1) is 23.2 Å². The summed E-state index contributed by atoms with van der Waals surface area (Å²) in [5.74, 6) is 0.167. The molecule has 0 radical (unpaired) electrons. The lowest BCUT2D eigenvalue weighted by Crippen LogP contribution is -1.69. The summed E-state index contributed by atoms with van der Waals surface area (Å²) in [7, 11) is 0. The van der Waals surface area contributed by atoms with Gasteiger partial charge in [-0.1, -0.05) is 34.8 Å². The van der Waals surface area contributed by atoms with Crippen LogP contribution in [-0.2, 0) is 4.79 Å². The summed E-state index contributed by atoms with van der Waals surface area (Å²) >= 11 is 24.4. The van der Waals surface area contributed by atoms with Gasteiger partial charge in [-0.3, -0.25) is 0 Å². The smallest absolute Gasteiger partial charge is 0.126 e. The van der Waals surface area contributed by atoms with Crippen LogP contribution in [0.5, 0.6) is 0 Å². The summed E-state index contributed by atoms with van der Waals surface area (Å²) < 4.78 is 0.0895. The van der Waals surface area contributed by atoms with Gasteiger partial charge in [0, 0.05) is 5.54 Å². The third-order valence-corrected chi connectivity index (χ3v) is 0.742. The van der Waals surface area contributed by atoms with E-state index < -0.39 is 0 Å². The summed E-state index contributed by atoms with van der Waals surface area (Å²) in [6, 6.07) is 0. The van der Waals surface area contributed by atoms with Crippen molar-refractivity contribution in [3.63, 3.8) is 0 Å². The van der Waals surface area contributed by atoms with Gasteiger partial charge in [-0.2, -0.15) is 0 Å². The van der Waals surface area contributed by atoms with E-state index in [1.54, 1.807) is 0 Å². The van der Waals surface area contributed by atoms with Crippen molar-refractivity contribution in [2.45, 2.75) is 13.8 Å². The second-order valence-corrected chi connectivity index (χ2v) is 3.44. The molecule has 0 rings (SSSR count). The molecule has 0 saturated heterocycles. The van der Waals surface area contributed by atoms with Gasteiger partial charge >= 0.3 is 0 Å². The molecule has 0 saturated carbocycles. The molecule has 12 heavy (non-hydrogen) atoms. The maximum absolute atomic E-state index is 9.44. The first-order valence-electron chi connectivity index (χ1n) is 2.62. The first kappa shape index (κ1) is 18.6. The minimum atomic E-state index is 0.0895. The van der Waals surface area contributed by atoms with Crippen molar-refractivity contribution in [1.82, 2.24) is 0 Å². The maximum Gasteiger partial charge on any atom is 0.126 e. The molecule has 0 fully saturated rings. The molecule has 0 aliphatic rings. The van der Waals surface area contributed by atoms with Crippen LogP contribution < -0.4 is 0 Å². The number of rotatable bonds is 0. The Bertz CT molecular complexity index is 115. The molecule has 0 atom stereocenters. The third kappa shape index (κ3) is 129. The topological polar surface area (TPSA) is 17.1 Å². The quantitative estimate of drug-likeness (QED) is 0.594. The van der Waals surface area contributed by atoms with E-state index in [1.807, 2.05) is 0 Å². The van der Waals surface area contributed by atoms with Crippen LogP contribution in [-0.4, -0.2) is 11.1 Å². The summed E-state index contributed by atoms with van der Waals surface area (Å²) in [5, 5.41) is 0.194. The zero-order valence-electron chi connectivity index (χ0n) is 6.58. The van der Waals surface area contributed by atoms with E-state index in [0.29, 0.717) is 0 Å². The van der Waals surface area contributed by atoms with Crippen molar-refractivity contribution in [2.24, 2.45) is 0 Å². The largest absolute Gasteiger partial charge is 0.300 e. The molecule has 0 spiro atoms. The number of Topliss-reactive ketones (excluding diaryl/α,β-unsaturated/α-hetero) is 1. The predicted molar refractivity (Wildman–Crippen MR) is 58.6 cm³/mol. The number of hydrogen-bond acceptors (Lipinski definition) is 1. The van der Waals surface area contributed by atoms with E-state index in [9.17, 15) is 4.79 Å². The van der Waals surface area contributed by atoms with Crippen molar-refractivity contribution in [2.75, 3.05) is 5.34 Å². The fourth-order valence-corrected chi connectivity index (χ4v) is 0. The third-order valence-electron chi connectivity index (χ3n) is 0.0825. The molecule has 0 aliphatic heterocycles. The molecular formula is C6H9Cl5O. The standard InChI is InChI=1S/C3H6O.C2HCl3.CH2Cl2/c1-3(2)4;3-1-2(4)5;2-1-3/h1-2H3;1H;1H2. The molecule has 6 heteroatoms. The van der Waals surface area contributed by atoms with E-state index in [1.165, 1.54) is 13.8 Å². The Balaban J connectivity index is -0.000000105. The Morgan fingerprint density at radius 1 is 1.25 bits per heavy atom. The SMILES string of the molecule is CC(C)=O.ClC=C(Cl)Cl.ClCCl. The van der Waals surface area contributed by atoms with Gasteiger partial charge in [0.25, 0.3) is 0 Å². The van der Waals surface area contributed by atoms with Crippen LogP contribution in [0.4, 0.5) is 0 Å². The molecular weight excluding hydrogens is 265 g/mol. The highest BCUT2D eigenvalue weighted by Crippen LogP contribution is 2.05. The molecule has 0 aliphatic carbocycles. The minimum absolute atomic E-state index is 0.0895. The van der Waals surface area contributed by atoms with Crippen molar-refractivity contribution < 1.29 is 4.79 Å². The average Bonchev–Trinajstić information content (AvgIpc) is 1.88. The fourth-order valence-electron chi connectivity index (χ4n) is 0. The Kier molecular flexibility index (Phi) is 27.6. The molecule has 0 bridgehead atoms. The number of halogens is 5. The van der Waals surface area contributed by atoms with Crippen LogP contribution in [0.3, 0.4) is 0 Å². The van der Waals surface area contributed by atoms with E-state index in [-0.39, 0.29) is 15.6 Å². The lowest BCUT2D eigenvalue weighted by Gasteiger charge is -1.64. The number of hydrogen-bond donors (Lipinski definition) is 0. The lowest BCUT2D eigenvalue weighted by atomic mass is 10.6. The van der Waals surface area contributed by atoms with Gasteiger partial charge in [0.1, 0.15) is 10.3 Å². The van der Waals surface area contributed by atoms with Crippen LogP contribution in [0.1, 0.15) is 13.8 Å². The molecule has 0 aromatic rings. The van der Waals surface area contributed by atoms with Crippen molar-refractivity contribution in [1.29, 1.82) is 0 Å². The number of alkyl halides is 2. The Labute approximate surface area is 97.6 Å². The highest BCUT2D eigenvalue weighted by atomic mass is 35.5. The molecule has 0 aromatic carbocycles. The van der Waals surface area contributed by atoms with Crippen LogP contribution >= 0.6 is 58.0 Å². The Morgan fingerprint density at radius 3 is 1.33 bits per heavy atom. The van der Waals surface area contributed by atoms with Crippen molar-refractivity contribution in [3.8, 4) is 0 Å². The Hall–Kier alpha value is 0.860. The summed E-state index contributed by atoms with van der Waals surface area (Å²) in [6.45, 7) is 3.06. The molecule has 0 unspecified atom stereocenters. The van der Waals surface area contributed by atoms with Gasteiger partial charge in [0.15, 0.2) is 0 Å². The van der Waals surface area contributed by atoms with Gasteiger partial charge in [0.05, 0.1) is 5.34 Å². The number of carbonyl (C=O) groups excluding carboxylic acids is 1. The second kappa shape index (κ2) is 17.8. The average molecular weight is 274 g/mol. The molecule has 1 nitrogen and oxygen atoms in total. The molecule has 0 aromatic heterocycles. The minimum Gasteiger partial charge on any atom is -0.300 e. The van der Waals surface area contributed by atoms with E-state index in [0.717, 1.165) is 5.54 Å². The zero-order valence-corrected chi connectivity index (χ0v) is 10.4. The van der Waals surface area contributed by atoms with Gasteiger partial charge in [0.2, 0.25) is 0 Å². The highest BCUT2D eigenvalue weighted by Gasteiger charge is 1.70. The van der Waals surface area contributed by atoms with E-state index in [2.05, 4.69) is 0 Å². The monoisotopic (exact) mass is 272 g/mol. The van der Waals surface area contributed by atoms with Crippen LogP contribution in [0.2, 0.25) is 0 Å². The highest BCUT2D eigenvalue weighted by molar-refractivity contribution is 6.58. The van der Waals surface area contributed by atoms with Crippen molar-refractivity contribution >= 4 is 63.8 Å². The maximum atomic E-state index is 9.44. The first-order valence-corrected chi connectivity index (χ1v) is 4.88. The van der Waals surface area contributed by atoms with Crippen LogP contribution in [0, 0.1) is 0 Å². The first-order chi connectivity index (χ1) is 5.42. The molecule has 74 valence electrons. The summed E-state index contributed by atoms with van der Waals surface area (Å²) in [5.41, 5.74) is 1.09. The van der Waals surface area contributed by atoms with Gasteiger partial charge < -0.3 is 4.79 Å². The normalized spacial score (nSPS) is 6.58. The summed E-state index contributed by atoms with van der Waals surface area (Å²) in [6.07, 6.45) is 0. The number of carbonyl (C=O) groups is 1. The Morgan fingerprint density at radius 2 is 1.33 bits per heavy atom. The fraction of sp³-hybridized carbons (Fsp3) is 0.500. The van der Waals surface area contributed by atoms with E-state index >= 15 is 0 Å². The van der Waals surface area contributed by atoms with Gasteiger partial charge in [-0.05, 0) is 13.8 Å². The molecule has 0 N–H and O–H groups in total.